The van der Waals surface area contributed by atoms with Crippen molar-refractivity contribution in [1.82, 2.24) is 4.98 Å². The van der Waals surface area contributed by atoms with E-state index in [4.69, 9.17) is 4.74 Å². The second-order valence-electron chi connectivity index (χ2n) is 3.77. The van der Waals surface area contributed by atoms with Crippen LogP contribution in [0.5, 0.6) is 0 Å². The Balaban J connectivity index is 2.66. The van der Waals surface area contributed by atoms with Gasteiger partial charge in [0.1, 0.15) is 5.69 Å². The Bertz CT molecular complexity index is 628. The highest BCUT2D eigenvalue weighted by molar-refractivity contribution is 5.91. The molecule has 0 radical (unpaired) electrons. The third kappa shape index (κ3) is 2.06. The number of hydrogen-bond donors (Lipinski definition) is 1. The second kappa shape index (κ2) is 4.41. The predicted molar refractivity (Wildman–Crippen MR) is 65.3 cm³/mol. The van der Waals surface area contributed by atoms with Crippen LogP contribution in [0.2, 0.25) is 0 Å². The summed E-state index contributed by atoms with van der Waals surface area (Å²) in [6, 6.07) is 6.71. The van der Waals surface area contributed by atoms with E-state index in [1.54, 1.807) is 13.0 Å². The maximum atomic E-state index is 11.8. The Morgan fingerprint density at radius 3 is 2.88 bits per heavy atom. The first-order valence-electron chi connectivity index (χ1n) is 5.43. The Hall–Kier alpha value is -2.10. The minimum atomic E-state index is -0.505. The summed E-state index contributed by atoms with van der Waals surface area (Å²) in [5, 5.41) is 0.582. The van der Waals surface area contributed by atoms with Crippen LogP contribution in [-0.2, 0) is 4.74 Å². The van der Waals surface area contributed by atoms with Crippen LogP contribution < -0.4 is 5.43 Å². The Kier molecular flexibility index (Phi) is 2.95. The molecule has 4 heteroatoms. The smallest absolute Gasteiger partial charge is 0.354 e. The number of nitrogens with one attached hydrogen (secondary N) is 1. The van der Waals surface area contributed by atoms with Gasteiger partial charge >= 0.3 is 5.97 Å². The number of ether oxygens (including phenoxy) is 1. The zero-order chi connectivity index (χ0) is 12.4. The largest absolute Gasteiger partial charge is 0.461 e. The van der Waals surface area contributed by atoms with Crippen molar-refractivity contribution in [2.24, 2.45) is 0 Å². The first-order chi connectivity index (χ1) is 8.13. The van der Waals surface area contributed by atoms with Gasteiger partial charge < -0.3 is 9.72 Å². The van der Waals surface area contributed by atoms with Gasteiger partial charge in [0.25, 0.3) is 0 Å². The molecule has 0 fully saturated rings. The molecule has 1 N–H and O–H groups in total. The molecule has 0 amide bonds. The summed E-state index contributed by atoms with van der Waals surface area (Å²) in [4.78, 5) is 26.3. The van der Waals surface area contributed by atoms with Gasteiger partial charge in [-0.2, -0.15) is 0 Å². The van der Waals surface area contributed by atoms with Gasteiger partial charge in [0.15, 0.2) is 5.43 Å². The molecule has 0 aliphatic carbocycles. The molecule has 2 aromatic rings. The fourth-order valence-corrected chi connectivity index (χ4v) is 1.74. The minimum absolute atomic E-state index is 0.175. The van der Waals surface area contributed by atoms with Gasteiger partial charge in [-0.25, -0.2) is 4.79 Å². The number of carbonyl (C=O) groups excluding carboxylic acids is 1. The van der Waals surface area contributed by atoms with E-state index < -0.39 is 5.97 Å². The summed E-state index contributed by atoms with van der Waals surface area (Å²) in [6.45, 7) is 3.89. The van der Waals surface area contributed by atoms with Crippen molar-refractivity contribution in [1.29, 1.82) is 0 Å². The summed E-state index contributed by atoms with van der Waals surface area (Å²) < 4.78 is 4.86. The van der Waals surface area contributed by atoms with E-state index in [-0.39, 0.29) is 17.7 Å². The highest BCUT2D eigenvalue weighted by Gasteiger charge is 2.10. The van der Waals surface area contributed by atoms with Gasteiger partial charge in [-0.1, -0.05) is 12.1 Å². The molecule has 1 aromatic heterocycles. The molecule has 2 rings (SSSR count). The number of rotatable bonds is 2. The van der Waals surface area contributed by atoms with E-state index in [2.05, 4.69) is 4.98 Å². The molecule has 0 bridgehead atoms. The standard InChI is InChI=1S/C13H13NO3/c1-3-17-13(16)10-7-11(15)9-6-4-5-8(2)12(9)14-10/h4-7H,3H2,1-2H3,(H,14,15). The lowest BCUT2D eigenvalue weighted by atomic mass is 10.1. The third-order valence-electron chi connectivity index (χ3n) is 2.57. The van der Waals surface area contributed by atoms with E-state index in [1.165, 1.54) is 6.07 Å². The number of hydrogen-bond acceptors (Lipinski definition) is 3. The van der Waals surface area contributed by atoms with Crippen LogP contribution in [0.25, 0.3) is 10.9 Å². The molecule has 0 saturated carbocycles. The van der Waals surface area contributed by atoms with E-state index in [1.807, 2.05) is 19.1 Å². The van der Waals surface area contributed by atoms with Gasteiger partial charge in [-0.05, 0) is 25.5 Å². The van der Waals surface area contributed by atoms with E-state index in [0.29, 0.717) is 10.9 Å². The highest BCUT2D eigenvalue weighted by Crippen LogP contribution is 2.13. The molecule has 17 heavy (non-hydrogen) atoms. The Morgan fingerprint density at radius 2 is 2.18 bits per heavy atom. The average Bonchev–Trinajstić information content (AvgIpc) is 2.30. The summed E-state index contributed by atoms with van der Waals surface area (Å²) >= 11 is 0. The number of aromatic nitrogens is 1. The van der Waals surface area contributed by atoms with E-state index in [9.17, 15) is 9.59 Å². The van der Waals surface area contributed by atoms with Crippen LogP contribution in [0.3, 0.4) is 0 Å². The first-order valence-corrected chi connectivity index (χ1v) is 5.43. The molecule has 4 nitrogen and oxygen atoms in total. The quantitative estimate of drug-likeness (QED) is 0.804. The molecule has 0 atom stereocenters. The van der Waals surface area contributed by atoms with Crippen LogP contribution in [-0.4, -0.2) is 17.6 Å². The lowest BCUT2D eigenvalue weighted by Crippen LogP contribution is -2.13. The maximum Gasteiger partial charge on any atom is 0.354 e. The number of carbonyl (C=O) groups is 1. The second-order valence-corrected chi connectivity index (χ2v) is 3.77. The summed E-state index contributed by atoms with van der Waals surface area (Å²) in [7, 11) is 0. The van der Waals surface area contributed by atoms with Gasteiger partial charge in [0.05, 0.1) is 12.1 Å². The molecule has 0 saturated heterocycles. The normalized spacial score (nSPS) is 10.5. The lowest BCUT2D eigenvalue weighted by molar-refractivity contribution is 0.0520. The highest BCUT2D eigenvalue weighted by atomic mass is 16.5. The van der Waals surface area contributed by atoms with Crippen molar-refractivity contribution in [2.45, 2.75) is 13.8 Å². The van der Waals surface area contributed by atoms with Crippen molar-refractivity contribution in [3.8, 4) is 0 Å². The summed E-state index contributed by atoms with van der Waals surface area (Å²) in [5.74, 6) is -0.505. The van der Waals surface area contributed by atoms with Crippen molar-refractivity contribution in [3.05, 3.63) is 45.7 Å². The number of benzene rings is 1. The first kappa shape index (κ1) is 11.4. The third-order valence-corrected chi connectivity index (χ3v) is 2.57. The zero-order valence-corrected chi connectivity index (χ0v) is 9.74. The summed E-state index contributed by atoms with van der Waals surface area (Å²) in [6.07, 6.45) is 0. The number of aryl methyl sites for hydroxylation is 1. The molecule has 1 aromatic carbocycles. The Morgan fingerprint density at radius 1 is 1.41 bits per heavy atom. The molecule has 88 valence electrons. The monoisotopic (exact) mass is 231 g/mol. The van der Waals surface area contributed by atoms with Crippen molar-refractivity contribution >= 4 is 16.9 Å². The number of aromatic amines is 1. The van der Waals surface area contributed by atoms with Gasteiger partial charge in [0.2, 0.25) is 0 Å². The summed E-state index contributed by atoms with van der Waals surface area (Å²) in [5.41, 5.74) is 1.62. The molecule has 0 spiro atoms. The number of H-pyrrole nitrogens is 1. The molecule has 0 aliphatic rings. The SMILES string of the molecule is CCOC(=O)c1cc(=O)c2cccc(C)c2[nH]1. The van der Waals surface area contributed by atoms with Crippen molar-refractivity contribution < 1.29 is 9.53 Å². The van der Waals surface area contributed by atoms with Gasteiger partial charge in [-0.15, -0.1) is 0 Å². The fraction of sp³-hybridized carbons (Fsp3) is 0.231. The van der Waals surface area contributed by atoms with Crippen LogP contribution in [0.15, 0.2) is 29.1 Å². The van der Waals surface area contributed by atoms with Crippen LogP contribution in [0, 0.1) is 6.92 Å². The van der Waals surface area contributed by atoms with Crippen LogP contribution in [0.1, 0.15) is 23.0 Å². The number of pyridine rings is 1. The molecular weight excluding hydrogens is 218 g/mol. The van der Waals surface area contributed by atoms with Crippen molar-refractivity contribution in [2.75, 3.05) is 6.61 Å². The topological polar surface area (TPSA) is 59.2 Å². The lowest BCUT2D eigenvalue weighted by Gasteiger charge is -2.05. The molecule has 0 aliphatic heterocycles. The van der Waals surface area contributed by atoms with Gasteiger partial charge in [0, 0.05) is 11.5 Å². The average molecular weight is 231 g/mol. The van der Waals surface area contributed by atoms with Crippen LogP contribution >= 0.6 is 0 Å². The Labute approximate surface area is 98.2 Å². The number of fused-ring (bicyclic) bond motifs is 1. The molecule has 0 unspecified atom stereocenters. The number of esters is 1. The molecular formula is C13H13NO3. The number of para-hydroxylation sites is 1. The van der Waals surface area contributed by atoms with E-state index in [0.717, 1.165) is 5.56 Å². The molecule has 1 heterocycles. The maximum absolute atomic E-state index is 11.8. The minimum Gasteiger partial charge on any atom is -0.461 e. The van der Waals surface area contributed by atoms with Crippen LogP contribution in [0.4, 0.5) is 0 Å². The fourth-order valence-electron chi connectivity index (χ4n) is 1.74. The van der Waals surface area contributed by atoms with E-state index >= 15 is 0 Å². The predicted octanol–water partition coefficient (Wildman–Crippen LogP) is 2.01. The van der Waals surface area contributed by atoms with Gasteiger partial charge in [-0.3, -0.25) is 4.79 Å². The van der Waals surface area contributed by atoms with Crippen molar-refractivity contribution in [3.63, 3.8) is 0 Å². The zero-order valence-electron chi connectivity index (χ0n) is 9.74.